The molecule has 1 N–H and O–H groups in total. The molecule has 0 unspecified atom stereocenters. The largest absolute Gasteiger partial charge is 0.337 e. The first-order valence-corrected chi connectivity index (χ1v) is 8.14. The van der Waals surface area contributed by atoms with Crippen molar-refractivity contribution in [3.8, 4) is 11.3 Å². The monoisotopic (exact) mass is 330 g/mol. The van der Waals surface area contributed by atoms with Crippen molar-refractivity contribution in [1.82, 2.24) is 5.16 Å². The van der Waals surface area contributed by atoms with Crippen LogP contribution in [-0.2, 0) is 10.0 Å². The van der Waals surface area contributed by atoms with Crippen molar-refractivity contribution in [3.63, 3.8) is 0 Å². The summed E-state index contributed by atoms with van der Waals surface area (Å²) >= 11 is 0. The van der Waals surface area contributed by atoms with Crippen LogP contribution in [0.25, 0.3) is 11.3 Å². The Morgan fingerprint density at radius 3 is 2.30 bits per heavy atom. The summed E-state index contributed by atoms with van der Waals surface area (Å²) in [6.07, 6.45) is 0. The molecule has 0 saturated heterocycles. The lowest BCUT2D eigenvalue weighted by Crippen LogP contribution is -2.12. The van der Waals surface area contributed by atoms with E-state index in [1.807, 2.05) is 37.3 Å². The van der Waals surface area contributed by atoms with E-state index in [1.165, 1.54) is 0 Å². The lowest BCUT2D eigenvalue weighted by Gasteiger charge is -2.04. The molecule has 3 rings (SSSR count). The molecule has 5 nitrogen and oxygen atoms in total. The molecule has 0 atom stereocenters. The van der Waals surface area contributed by atoms with Crippen molar-refractivity contribution in [1.29, 1.82) is 0 Å². The Bertz CT molecular complexity index is 870. The van der Waals surface area contributed by atoms with Crippen LogP contribution in [-0.4, -0.2) is 13.6 Å². The zero-order chi connectivity index (χ0) is 15.6. The third kappa shape index (κ3) is 3.78. The number of hydrogen-bond acceptors (Lipinski definition) is 4. The Labute approximate surface area is 136 Å². The van der Waals surface area contributed by atoms with Crippen molar-refractivity contribution >= 4 is 15.9 Å². The summed E-state index contributed by atoms with van der Waals surface area (Å²) in [5.74, 6) is 0.0828. The summed E-state index contributed by atoms with van der Waals surface area (Å²) in [6, 6.07) is 17.5. The van der Waals surface area contributed by atoms with Crippen LogP contribution in [0.15, 0.2) is 70.1 Å². The standard InChI is InChI=1S/C16H14N2O3S.CH4/c1-12-7-9-14(10-8-12)22(19,20)18-16-11-15(17-21-16)13-5-3-2-4-6-13;/h2-11,18H,1H3;1H4. The summed E-state index contributed by atoms with van der Waals surface area (Å²) < 4.78 is 32.0. The van der Waals surface area contributed by atoms with Gasteiger partial charge in [0, 0.05) is 11.6 Å². The van der Waals surface area contributed by atoms with Crippen molar-refractivity contribution < 1.29 is 12.9 Å². The van der Waals surface area contributed by atoms with E-state index < -0.39 is 10.0 Å². The number of nitrogens with zero attached hydrogens (tertiary/aromatic N) is 1. The molecule has 0 aliphatic carbocycles. The van der Waals surface area contributed by atoms with Crippen LogP contribution in [0.4, 0.5) is 5.88 Å². The highest BCUT2D eigenvalue weighted by Gasteiger charge is 2.17. The van der Waals surface area contributed by atoms with Gasteiger partial charge in [-0.25, -0.2) is 13.1 Å². The van der Waals surface area contributed by atoms with Gasteiger partial charge in [0.05, 0.1) is 4.90 Å². The second-order valence-electron chi connectivity index (χ2n) is 4.86. The molecule has 0 aliphatic rings. The minimum Gasteiger partial charge on any atom is -0.337 e. The molecule has 23 heavy (non-hydrogen) atoms. The van der Waals surface area contributed by atoms with E-state index in [2.05, 4.69) is 9.88 Å². The first-order chi connectivity index (χ1) is 10.5. The molecule has 0 saturated carbocycles. The van der Waals surface area contributed by atoms with Gasteiger partial charge in [0.1, 0.15) is 5.69 Å². The van der Waals surface area contributed by atoms with Crippen LogP contribution in [0.3, 0.4) is 0 Å². The fourth-order valence-electron chi connectivity index (χ4n) is 1.98. The molecule has 0 spiro atoms. The van der Waals surface area contributed by atoms with Gasteiger partial charge in [-0.2, -0.15) is 0 Å². The molecule has 3 aromatic rings. The van der Waals surface area contributed by atoms with Gasteiger partial charge in [-0.3, -0.25) is 0 Å². The number of anilines is 1. The van der Waals surface area contributed by atoms with Gasteiger partial charge in [0.15, 0.2) is 0 Å². The normalized spacial score (nSPS) is 10.8. The number of nitrogens with one attached hydrogen (secondary N) is 1. The smallest absolute Gasteiger partial charge is 0.264 e. The van der Waals surface area contributed by atoms with Gasteiger partial charge in [-0.05, 0) is 19.1 Å². The lowest BCUT2D eigenvalue weighted by molar-refractivity contribution is 0.438. The SMILES string of the molecule is C.Cc1ccc(S(=O)(=O)Nc2cc(-c3ccccc3)no2)cc1. The summed E-state index contributed by atoms with van der Waals surface area (Å²) in [5, 5.41) is 3.88. The van der Waals surface area contributed by atoms with E-state index in [4.69, 9.17) is 4.52 Å². The Hall–Kier alpha value is -2.60. The van der Waals surface area contributed by atoms with Crippen LogP contribution in [0, 0.1) is 6.92 Å². The van der Waals surface area contributed by atoms with Crippen molar-refractivity contribution in [2.45, 2.75) is 19.2 Å². The number of sulfonamides is 1. The zero-order valence-electron chi connectivity index (χ0n) is 11.9. The Morgan fingerprint density at radius 2 is 1.65 bits per heavy atom. The van der Waals surface area contributed by atoms with E-state index in [9.17, 15) is 8.42 Å². The third-order valence-corrected chi connectivity index (χ3v) is 4.51. The maximum Gasteiger partial charge on any atom is 0.264 e. The van der Waals surface area contributed by atoms with Gasteiger partial charge in [0.2, 0.25) is 5.88 Å². The molecule has 6 heteroatoms. The van der Waals surface area contributed by atoms with E-state index >= 15 is 0 Å². The Balaban J connectivity index is 0.00000192. The molecule has 2 aromatic carbocycles. The maximum atomic E-state index is 12.3. The zero-order valence-corrected chi connectivity index (χ0v) is 12.7. The summed E-state index contributed by atoms with van der Waals surface area (Å²) in [4.78, 5) is 0.177. The van der Waals surface area contributed by atoms with Gasteiger partial charge in [-0.15, -0.1) is 0 Å². The summed E-state index contributed by atoms with van der Waals surface area (Å²) in [6.45, 7) is 1.90. The first-order valence-electron chi connectivity index (χ1n) is 6.66. The van der Waals surface area contributed by atoms with Crippen LogP contribution in [0.5, 0.6) is 0 Å². The quantitative estimate of drug-likeness (QED) is 0.782. The van der Waals surface area contributed by atoms with Gasteiger partial charge in [0.25, 0.3) is 10.0 Å². The highest BCUT2D eigenvalue weighted by molar-refractivity contribution is 7.92. The molecule has 0 amide bonds. The second-order valence-corrected chi connectivity index (χ2v) is 6.54. The molecular weight excluding hydrogens is 312 g/mol. The molecule has 0 aliphatic heterocycles. The highest BCUT2D eigenvalue weighted by atomic mass is 32.2. The molecule has 120 valence electrons. The van der Waals surface area contributed by atoms with Crippen molar-refractivity contribution in [3.05, 3.63) is 66.2 Å². The Kier molecular flexibility index (Phi) is 4.86. The van der Waals surface area contributed by atoms with Crippen LogP contribution >= 0.6 is 0 Å². The number of aromatic nitrogens is 1. The fraction of sp³-hybridized carbons (Fsp3) is 0.118. The average molecular weight is 330 g/mol. The van der Waals surface area contributed by atoms with Gasteiger partial charge < -0.3 is 4.52 Å². The first kappa shape index (κ1) is 16.8. The van der Waals surface area contributed by atoms with Crippen LogP contribution in [0.2, 0.25) is 0 Å². The number of hydrogen-bond donors (Lipinski definition) is 1. The van der Waals surface area contributed by atoms with E-state index in [0.717, 1.165) is 11.1 Å². The molecule has 0 bridgehead atoms. The molecular formula is C17H18N2O3S. The Morgan fingerprint density at radius 1 is 1.00 bits per heavy atom. The molecule has 0 fully saturated rings. The van der Waals surface area contributed by atoms with Crippen molar-refractivity contribution in [2.24, 2.45) is 0 Å². The number of benzene rings is 2. The second kappa shape index (κ2) is 6.66. The summed E-state index contributed by atoms with van der Waals surface area (Å²) in [5.41, 5.74) is 2.42. The predicted octanol–water partition coefficient (Wildman–Crippen LogP) is 4.09. The van der Waals surface area contributed by atoms with Gasteiger partial charge >= 0.3 is 0 Å². The predicted molar refractivity (Wildman–Crippen MR) is 90.7 cm³/mol. The van der Waals surface area contributed by atoms with E-state index in [0.29, 0.717) is 5.69 Å². The lowest BCUT2D eigenvalue weighted by atomic mass is 10.2. The molecule has 0 radical (unpaired) electrons. The fourth-order valence-corrected chi connectivity index (χ4v) is 2.95. The topological polar surface area (TPSA) is 72.2 Å². The third-order valence-electron chi connectivity index (χ3n) is 3.15. The van der Waals surface area contributed by atoms with Gasteiger partial charge in [-0.1, -0.05) is 60.6 Å². The highest BCUT2D eigenvalue weighted by Crippen LogP contribution is 2.23. The van der Waals surface area contributed by atoms with E-state index in [1.54, 1.807) is 30.3 Å². The minimum absolute atomic E-state index is 0. The van der Waals surface area contributed by atoms with E-state index in [-0.39, 0.29) is 18.2 Å². The average Bonchev–Trinajstić information content (AvgIpc) is 2.96. The number of aryl methyl sites for hydroxylation is 1. The number of rotatable bonds is 4. The maximum absolute atomic E-state index is 12.3. The summed E-state index contributed by atoms with van der Waals surface area (Å²) in [7, 11) is -3.68. The molecule has 1 heterocycles. The van der Waals surface area contributed by atoms with Crippen molar-refractivity contribution in [2.75, 3.05) is 4.72 Å². The van der Waals surface area contributed by atoms with Crippen LogP contribution in [0.1, 0.15) is 13.0 Å². The minimum atomic E-state index is -3.68. The molecule has 1 aromatic heterocycles. The van der Waals surface area contributed by atoms with Crippen LogP contribution < -0.4 is 4.72 Å².